The van der Waals surface area contributed by atoms with Gasteiger partial charge in [0.05, 0.1) is 5.41 Å². The minimum absolute atomic E-state index is 0. The topological polar surface area (TPSA) is 58.4 Å². The largest absolute Gasteiger partial charge is 0.371 e. The SMILES string of the molecule is CCC(CC)(CN)C(=O)NCC1CCN(c2ccccc2)C1.Cl.Cl. The van der Waals surface area contributed by atoms with Crippen LogP contribution >= 0.6 is 24.8 Å². The lowest BCUT2D eigenvalue weighted by Crippen LogP contribution is -2.46. The van der Waals surface area contributed by atoms with Crippen molar-refractivity contribution in [3.63, 3.8) is 0 Å². The number of anilines is 1. The van der Waals surface area contributed by atoms with Crippen molar-refractivity contribution < 1.29 is 4.79 Å². The molecule has 1 aliphatic heterocycles. The zero-order chi connectivity index (χ0) is 16.0. The number of rotatable bonds is 7. The zero-order valence-corrected chi connectivity index (χ0v) is 16.3. The summed E-state index contributed by atoms with van der Waals surface area (Å²) in [7, 11) is 0. The van der Waals surface area contributed by atoms with E-state index in [1.807, 2.05) is 19.9 Å². The number of amides is 1. The van der Waals surface area contributed by atoms with Gasteiger partial charge < -0.3 is 16.0 Å². The third kappa shape index (κ3) is 5.27. The quantitative estimate of drug-likeness (QED) is 0.768. The van der Waals surface area contributed by atoms with Crippen LogP contribution in [0.1, 0.15) is 33.1 Å². The maximum absolute atomic E-state index is 12.5. The zero-order valence-electron chi connectivity index (χ0n) is 14.7. The van der Waals surface area contributed by atoms with Crippen LogP contribution in [0.5, 0.6) is 0 Å². The minimum Gasteiger partial charge on any atom is -0.371 e. The van der Waals surface area contributed by atoms with Gasteiger partial charge in [-0.05, 0) is 37.3 Å². The average molecular weight is 376 g/mol. The molecule has 24 heavy (non-hydrogen) atoms. The summed E-state index contributed by atoms with van der Waals surface area (Å²) < 4.78 is 0. The summed E-state index contributed by atoms with van der Waals surface area (Å²) in [4.78, 5) is 14.9. The molecule has 1 atom stereocenters. The summed E-state index contributed by atoms with van der Waals surface area (Å²) in [5, 5.41) is 3.14. The van der Waals surface area contributed by atoms with Crippen molar-refractivity contribution in [2.24, 2.45) is 17.1 Å². The fraction of sp³-hybridized carbons (Fsp3) is 0.611. The van der Waals surface area contributed by atoms with Crippen molar-refractivity contribution in [2.45, 2.75) is 33.1 Å². The molecule has 0 bridgehead atoms. The molecule has 6 heteroatoms. The Balaban J connectivity index is 0.00000264. The standard InChI is InChI=1S/C18H29N3O.2ClH/c1-3-18(4-2,14-19)17(22)20-12-15-10-11-21(13-15)16-8-6-5-7-9-16;;/h5-9,15H,3-4,10-14,19H2,1-2H3,(H,20,22);2*1H. The molecule has 1 heterocycles. The summed E-state index contributed by atoms with van der Waals surface area (Å²) in [6.07, 6.45) is 2.72. The lowest BCUT2D eigenvalue weighted by atomic mass is 9.81. The van der Waals surface area contributed by atoms with Gasteiger partial charge in [-0.15, -0.1) is 24.8 Å². The number of hydrogen-bond donors (Lipinski definition) is 2. The summed E-state index contributed by atoms with van der Waals surface area (Å²) in [5.41, 5.74) is 6.72. The summed E-state index contributed by atoms with van der Waals surface area (Å²) in [5.74, 6) is 0.645. The van der Waals surface area contributed by atoms with Gasteiger partial charge in [0, 0.05) is 31.9 Å². The van der Waals surface area contributed by atoms with Gasteiger partial charge >= 0.3 is 0 Å². The summed E-state index contributed by atoms with van der Waals surface area (Å²) in [6, 6.07) is 10.5. The maximum atomic E-state index is 12.5. The molecule has 138 valence electrons. The first-order valence-electron chi connectivity index (χ1n) is 8.43. The highest BCUT2D eigenvalue weighted by Crippen LogP contribution is 2.26. The van der Waals surface area contributed by atoms with E-state index >= 15 is 0 Å². The van der Waals surface area contributed by atoms with Gasteiger partial charge in [-0.25, -0.2) is 0 Å². The van der Waals surface area contributed by atoms with Crippen LogP contribution in [0.15, 0.2) is 30.3 Å². The number of nitrogens with two attached hydrogens (primary N) is 1. The number of para-hydroxylation sites is 1. The lowest BCUT2D eigenvalue weighted by molar-refractivity contribution is -0.131. The van der Waals surface area contributed by atoms with Crippen molar-refractivity contribution >= 4 is 36.4 Å². The van der Waals surface area contributed by atoms with Gasteiger partial charge in [0.15, 0.2) is 0 Å². The van der Waals surface area contributed by atoms with Gasteiger partial charge in [-0.1, -0.05) is 32.0 Å². The van der Waals surface area contributed by atoms with Crippen LogP contribution in [-0.2, 0) is 4.79 Å². The molecule has 0 saturated carbocycles. The molecule has 1 aromatic rings. The molecule has 0 aromatic heterocycles. The van der Waals surface area contributed by atoms with Gasteiger partial charge in [-0.2, -0.15) is 0 Å². The van der Waals surface area contributed by atoms with Gasteiger partial charge in [0.1, 0.15) is 0 Å². The summed E-state index contributed by atoms with van der Waals surface area (Å²) in [6.45, 7) is 7.34. The first-order valence-corrected chi connectivity index (χ1v) is 8.43. The normalized spacial score (nSPS) is 17.0. The molecule has 1 aliphatic rings. The number of carbonyl (C=O) groups is 1. The molecule has 0 radical (unpaired) electrons. The Morgan fingerprint density at radius 3 is 2.42 bits per heavy atom. The van der Waals surface area contributed by atoms with Crippen LogP contribution < -0.4 is 16.0 Å². The Hall–Kier alpha value is -0.970. The molecule has 4 nitrogen and oxygen atoms in total. The number of hydrogen-bond acceptors (Lipinski definition) is 3. The first-order chi connectivity index (χ1) is 10.6. The molecular weight excluding hydrogens is 345 g/mol. The number of benzene rings is 1. The van der Waals surface area contributed by atoms with E-state index in [1.165, 1.54) is 5.69 Å². The predicted octanol–water partition coefficient (Wildman–Crippen LogP) is 3.24. The molecule has 0 aliphatic carbocycles. The highest BCUT2D eigenvalue weighted by molar-refractivity contribution is 5.85. The Labute approximate surface area is 158 Å². The number of carbonyl (C=O) groups excluding carboxylic acids is 1. The number of halogens is 2. The van der Waals surface area contributed by atoms with Crippen molar-refractivity contribution in [3.05, 3.63) is 30.3 Å². The molecule has 1 fully saturated rings. The Morgan fingerprint density at radius 2 is 1.88 bits per heavy atom. The highest BCUT2D eigenvalue weighted by Gasteiger charge is 2.34. The van der Waals surface area contributed by atoms with E-state index in [4.69, 9.17) is 5.73 Å². The summed E-state index contributed by atoms with van der Waals surface area (Å²) >= 11 is 0. The maximum Gasteiger partial charge on any atom is 0.227 e. The van der Waals surface area contributed by atoms with Crippen LogP contribution in [0, 0.1) is 11.3 Å². The van der Waals surface area contributed by atoms with Crippen LogP contribution in [0.25, 0.3) is 0 Å². The molecule has 2 rings (SSSR count). The average Bonchev–Trinajstić information content (AvgIpc) is 3.05. The van der Waals surface area contributed by atoms with Crippen LogP contribution in [0.2, 0.25) is 0 Å². The second-order valence-corrected chi connectivity index (χ2v) is 6.34. The van der Waals surface area contributed by atoms with E-state index in [9.17, 15) is 4.79 Å². The number of nitrogens with one attached hydrogen (secondary N) is 1. The molecule has 3 N–H and O–H groups in total. The fourth-order valence-corrected chi connectivity index (χ4v) is 3.25. The highest BCUT2D eigenvalue weighted by atomic mass is 35.5. The Bertz CT molecular complexity index is 472. The molecule has 1 saturated heterocycles. The van der Waals surface area contributed by atoms with Gasteiger partial charge in [0.2, 0.25) is 5.91 Å². The third-order valence-corrected chi connectivity index (χ3v) is 5.18. The fourth-order valence-electron chi connectivity index (χ4n) is 3.25. The van der Waals surface area contributed by atoms with Crippen molar-refractivity contribution in [3.8, 4) is 0 Å². The molecule has 1 aromatic carbocycles. The Morgan fingerprint density at radius 1 is 1.25 bits per heavy atom. The Kier molecular flexibility index (Phi) is 10.4. The second-order valence-electron chi connectivity index (χ2n) is 6.34. The van der Waals surface area contributed by atoms with Crippen molar-refractivity contribution in [2.75, 3.05) is 31.1 Å². The van der Waals surface area contributed by atoms with Crippen molar-refractivity contribution in [1.29, 1.82) is 0 Å². The van der Waals surface area contributed by atoms with Crippen LogP contribution in [0.3, 0.4) is 0 Å². The minimum atomic E-state index is -0.391. The monoisotopic (exact) mass is 375 g/mol. The first kappa shape index (κ1) is 23.0. The molecule has 0 spiro atoms. The molecule has 1 unspecified atom stereocenters. The van der Waals surface area contributed by atoms with Crippen molar-refractivity contribution in [1.82, 2.24) is 5.32 Å². The second kappa shape index (κ2) is 10.8. The van der Waals surface area contributed by atoms with Gasteiger partial charge in [0.25, 0.3) is 0 Å². The number of nitrogens with zero attached hydrogens (tertiary/aromatic N) is 1. The van der Waals surface area contributed by atoms with E-state index in [-0.39, 0.29) is 30.7 Å². The van der Waals surface area contributed by atoms with Crippen LogP contribution in [0.4, 0.5) is 5.69 Å². The van der Waals surface area contributed by atoms with E-state index < -0.39 is 5.41 Å². The molecular formula is C18H31Cl2N3O. The molecule has 1 amide bonds. The van der Waals surface area contributed by atoms with Crippen LogP contribution in [-0.4, -0.2) is 32.1 Å². The van der Waals surface area contributed by atoms with E-state index in [1.54, 1.807) is 0 Å². The van der Waals surface area contributed by atoms with E-state index in [0.717, 1.165) is 38.9 Å². The third-order valence-electron chi connectivity index (χ3n) is 5.18. The smallest absolute Gasteiger partial charge is 0.227 e. The lowest BCUT2D eigenvalue weighted by Gasteiger charge is -2.29. The van der Waals surface area contributed by atoms with E-state index in [2.05, 4.69) is 34.5 Å². The van der Waals surface area contributed by atoms with E-state index in [0.29, 0.717) is 12.5 Å². The predicted molar refractivity (Wildman–Crippen MR) is 106 cm³/mol. The van der Waals surface area contributed by atoms with Gasteiger partial charge in [-0.3, -0.25) is 4.79 Å².